The normalized spacial score (nSPS) is 19.2. The lowest BCUT2D eigenvalue weighted by Gasteiger charge is -2.31. The summed E-state index contributed by atoms with van der Waals surface area (Å²) in [4.78, 5) is 27.1. The monoisotopic (exact) mass is 386 g/mol. The Morgan fingerprint density at radius 1 is 1.15 bits per heavy atom. The summed E-state index contributed by atoms with van der Waals surface area (Å²) in [5.74, 6) is -0.842. The van der Waals surface area contributed by atoms with Crippen molar-refractivity contribution in [2.75, 3.05) is 36.5 Å². The van der Waals surface area contributed by atoms with Gasteiger partial charge in [0.05, 0.1) is 30.2 Å². The van der Waals surface area contributed by atoms with Gasteiger partial charge in [0.15, 0.2) is 6.10 Å². The second-order valence-electron chi connectivity index (χ2n) is 6.51. The average Bonchev–Trinajstić information content (AvgIpc) is 2.69. The van der Waals surface area contributed by atoms with Crippen molar-refractivity contribution in [3.05, 3.63) is 58.6 Å². The largest absolute Gasteiger partial charge is 0.448 e. The lowest BCUT2D eigenvalue weighted by Crippen LogP contribution is -2.39. The smallest absolute Gasteiger partial charge is 0.339 e. The van der Waals surface area contributed by atoms with Crippen molar-refractivity contribution in [3.8, 4) is 0 Å². The molecule has 1 amide bonds. The van der Waals surface area contributed by atoms with E-state index < -0.39 is 12.1 Å². The first-order chi connectivity index (χ1) is 13.1. The van der Waals surface area contributed by atoms with E-state index in [9.17, 15) is 9.59 Å². The number of halogens is 1. The molecule has 7 heteroatoms. The quantitative estimate of drug-likeness (QED) is 0.821. The zero-order valence-electron chi connectivity index (χ0n) is 14.6. The number of anilines is 2. The minimum absolute atomic E-state index is 0.348. The SMILES string of the molecule is O=C1OC(C(=O)Nc2cc(Cl)ccc2N2CCOCC2)Cc2ccccc21. The predicted molar refractivity (Wildman–Crippen MR) is 102 cm³/mol. The van der Waals surface area contributed by atoms with Gasteiger partial charge in [-0.1, -0.05) is 29.8 Å². The maximum Gasteiger partial charge on any atom is 0.339 e. The first kappa shape index (κ1) is 17.8. The second kappa shape index (κ2) is 7.58. The van der Waals surface area contributed by atoms with Crippen molar-refractivity contribution >= 4 is 34.9 Å². The number of ether oxygens (including phenoxy) is 2. The fraction of sp³-hybridized carbons (Fsp3) is 0.300. The van der Waals surface area contributed by atoms with Gasteiger partial charge in [-0.3, -0.25) is 4.79 Å². The predicted octanol–water partition coefficient (Wildman–Crippen LogP) is 2.90. The molecule has 1 N–H and O–H groups in total. The molecule has 1 unspecified atom stereocenters. The molecule has 0 radical (unpaired) electrons. The van der Waals surface area contributed by atoms with Gasteiger partial charge in [0, 0.05) is 24.5 Å². The molecular weight excluding hydrogens is 368 g/mol. The summed E-state index contributed by atoms with van der Waals surface area (Å²) in [6, 6.07) is 12.6. The van der Waals surface area contributed by atoms with E-state index in [1.165, 1.54) is 0 Å². The Balaban J connectivity index is 1.55. The van der Waals surface area contributed by atoms with Gasteiger partial charge in [-0.05, 0) is 29.8 Å². The van der Waals surface area contributed by atoms with E-state index in [4.69, 9.17) is 21.1 Å². The molecule has 1 fully saturated rings. The van der Waals surface area contributed by atoms with Crippen LogP contribution in [-0.4, -0.2) is 44.3 Å². The number of hydrogen-bond acceptors (Lipinski definition) is 5. The third-order valence-electron chi connectivity index (χ3n) is 4.75. The number of cyclic esters (lactones) is 1. The van der Waals surface area contributed by atoms with Crippen molar-refractivity contribution in [2.24, 2.45) is 0 Å². The fourth-order valence-electron chi connectivity index (χ4n) is 3.38. The van der Waals surface area contributed by atoms with Crippen LogP contribution in [0.15, 0.2) is 42.5 Å². The van der Waals surface area contributed by atoms with E-state index in [1.807, 2.05) is 18.2 Å². The Morgan fingerprint density at radius 2 is 1.93 bits per heavy atom. The summed E-state index contributed by atoms with van der Waals surface area (Å²) < 4.78 is 10.7. The average molecular weight is 387 g/mol. The molecule has 2 aliphatic rings. The minimum atomic E-state index is -0.871. The highest BCUT2D eigenvalue weighted by molar-refractivity contribution is 6.31. The van der Waals surface area contributed by atoms with Crippen LogP contribution in [0.2, 0.25) is 5.02 Å². The van der Waals surface area contributed by atoms with Gasteiger partial charge < -0.3 is 19.7 Å². The molecule has 0 spiro atoms. The van der Waals surface area contributed by atoms with E-state index in [0.29, 0.717) is 35.9 Å². The van der Waals surface area contributed by atoms with Crippen molar-refractivity contribution in [1.29, 1.82) is 0 Å². The van der Waals surface area contributed by atoms with Gasteiger partial charge in [-0.25, -0.2) is 4.79 Å². The lowest BCUT2D eigenvalue weighted by atomic mass is 9.98. The number of carbonyl (C=O) groups excluding carboxylic acids is 2. The number of esters is 1. The highest BCUT2D eigenvalue weighted by atomic mass is 35.5. The summed E-state index contributed by atoms with van der Waals surface area (Å²) in [6.07, 6.45) is -0.523. The summed E-state index contributed by atoms with van der Waals surface area (Å²) in [6.45, 7) is 2.73. The molecule has 4 rings (SSSR count). The van der Waals surface area contributed by atoms with Crippen molar-refractivity contribution in [3.63, 3.8) is 0 Å². The summed E-state index contributed by atoms with van der Waals surface area (Å²) in [5, 5.41) is 3.41. The molecule has 0 saturated carbocycles. The van der Waals surface area contributed by atoms with Gasteiger partial charge in [-0.15, -0.1) is 0 Å². The number of nitrogens with zero attached hydrogens (tertiary/aromatic N) is 1. The lowest BCUT2D eigenvalue weighted by molar-refractivity contribution is -0.125. The molecule has 0 aromatic heterocycles. The molecule has 2 aromatic carbocycles. The molecule has 1 saturated heterocycles. The van der Waals surface area contributed by atoms with Crippen LogP contribution < -0.4 is 10.2 Å². The Bertz CT molecular complexity index is 880. The van der Waals surface area contributed by atoms with E-state index in [-0.39, 0.29) is 5.91 Å². The third kappa shape index (κ3) is 3.77. The maximum absolute atomic E-state index is 12.8. The van der Waals surface area contributed by atoms with Crippen LogP contribution in [0.4, 0.5) is 11.4 Å². The first-order valence-corrected chi connectivity index (χ1v) is 9.21. The Labute approximate surface area is 162 Å². The molecule has 2 aliphatic heterocycles. The number of morpholine rings is 1. The van der Waals surface area contributed by atoms with Crippen LogP contribution in [0.3, 0.4) is 0 Å². The molecule has 140 valence electrons. The molecule has 0 aliphatic carbocycles. The summed E-state index contributed by atoms with van der Waals surface area (Å²) >= 11 is 6.14. The van der Waals surface area contributed by atoms with Crippen LogP contribution in [0.5, 0.6) is 0 Å². The molecule has 2 aromatic rings. The number of hydrogen-bond donors (Lipinski definition) is 1. The fourth-order valence-corrected chi connectivity index (χ4v) is 3.55. The van der Waals surface area contributed by atoms with E-state index in [1.54, 1.807) is 24.3 Å². The van der Waals surface area contributed by atoms with Crippen molar-refractivity contribution in [2.45, 2.75) is 12.5 Å². The second-order valence-corrected chi connectivity index (χ2v) is 6.94. The van der Waals surface area contributed by atoms with Crippen molar-refractivity contribution in [1.82, 2.24) is 0 Å². The minimum Gasteiger partial charge on any atom is -0.448 e. The molecule has 0 bridgehead atoms. The van der Waals surface area contributed by atoms with Crippen LogP contribution in [0.1, 0.15) is 15.9 Å². The van der Waals surface area contributed by atoms with Gasteiger partial charge >= 0.3 is 5.97 Å². The first-order valence-electron chi connectivity index (χ1n) is 8.84. The van der Waals surface area contributed by atoms with Crippen molar-refractivity contribution < 1.29 is 19.1 Å². The standard InChI is InChI=1S/C20H19ClN2O4/c21-14-5-6-17(23-7-9-26-10-8-23)16(12-14)22-19(24)18-11-13-3-1-2-4-15(13)20(25)27-18/h1-6,12,18H,7-11H2,(H,22,24). The van der Waals surface area contributed by atoms with Crippen LogP contribution in [0.25, 0.3) is 0 Å². The zero-order valence-corrected chi connectivity index (χ0v) is 15.4. The topological polar surface area (TPSA) is 67.9 Å². The highest BCUT2D eigenvalue weighted by Gasteiger charge is 2.31. The maximum atomic E-state index is 12.8. The van der Waals surface area contributed by atoms with E-state index in [2.05, 4.69) is 10.2 Å². The molecule has 2 heterocycles. The van der Waals surface area contributed by atoms with E-state index in [0.717, 1.165) is 24.3 Å². The van der Waals surface area contributed by atoms with Gasteiger partial charge in [0.1, 0.15) is 0 Å². The number of fused-ring (bicyclic) bond motifs is 1. The molecule has 27 heavy (non-hydrogen) atoms. The Morgan fingerprint density at radius 3 is 2.74 bits per heavy atom. The molecule has 1 atom stereocenters. The van der Waals surface area contributed by atoms with E-state index >= 15 is 0 Å². The molecule has 6 nitrogen and oxygen atoms in total. The van der Waals surface area contributed by atoms with Crippen LogP contribution in [-0.2, 0) is 20.7 Å². The third-order valence-corrected chi connectivity index (χ3v) is 4.99. The summed E-state index contributed by atoms with van der Waals surface area (Å²) in [5.41, 5.74) is 2.80. The number of carbonyl (C=O) groups is 2. The van der Waals surface area contributed by atoms with Crippen LogP contribution >= 0.6 is 11.6 Å². The molecular formula is C20H19ClN2O4. The number of rotatable bonds is 3. The Hall–Kier alpha value is -2.57. The number of nitrogens with one attached hydrogen (secondary N) is 1. The van der Waals surface area contributed by atoms with Crippen LogP contribution in [0, 0.1) is 0 Å². The van der Waals surface area contributed by atoms with Gasteiger partial charge in [0.25, 0.3) is 5.91 Å². The van der Waals surface area contributed by atoms with Gasteiger partial charge in [-0.2, -0.15) is 0 Å². The Kier molecular flexibility index (Phi) is 5.01. The highest BCUT2D eigenvalue weighted by Crippen LogP contribution is 2.31. The van der Waals surface area contributed by atoms with Gasteiger partial charge in [0.2, 0.25) is 0 Å². The number of amides is 1. The zero-order chi connectivity index (χ0) is 18.8. The summed E-state index contributed by atoms with van der Waals surface area (Å²) in [7, 11) is 0. The number of benzene rings is 2.